The Morgan fingerprint density at radius 2 is 1.81 bits per heavy atom. The number of sulfonamides is 1. The van der Waals surface area contributed by atoms with Crippen LogP contribution in [0.2, 0.25) is 0 Å². The first-order chi connectivity index (χ1) is 12.4. The van der Waals surface area contributed by atoms with Crippen LogP contribution in [0.5, 0.6) is 0 Å². The minimum absolute atomic E-state index is 0.0275. The summed E-state index contributed by atoms with van der Waals surface area (Å²) in [6.07, 6.45) is 3.48. The first-order valence-electron chi connectivity index (χ1n) is 9.18. The van der Waals surface area contributed by atoms with Crippen molar-refractivity contribution < 1.29 is 17.6 Å². The quantitative estimate of drug-likeness (QED) is 0.852. The zero-order valence-corrected chi connectivity index (χ0v) is 15.6. The molecule has 1 amide bonds. The Labute approximate surface area is 154 Å². The van der Waals surface area contributed by atoms with Crippen LogP contribution in [-0.2, 0) is 14.8 Å². The van der Waals surface area contributed by atoms with Gasteiger partial charge in [-0.15, -0.1) is 0 Å². The number of benzene rings is 1. The summed E-state index contributed by atoms with van der Waals surface area (Å²) in [6, 6.07) is 4.85. The van der Waals surface area contributed by atoms with Crippen molar-refractivity contribution in [1.82, 2.24) is 9.21 Å². The van der Waals surface area contributed by atoms with E-state index in [-0.39, 0.29) is 29.2 Å². The number of nitrogens with two attached hydrogens (primary N) is 1. The van der Waals surface area contributed by atoms with Crippen molar-refractivity contribution in [2.24, 2.45) is 17.6 Å². The first-order valence-corrected chi connectivity index (χ1v) is 10.6. The zero-order valence-electron chi connectivity index (χ0n) is 14.8. The predicted octanol–water partition coefficient (Wildman–Crippen LogP) is 1.42. The van der Waals surface area contributed by atoms with Crippen LogP contribution in [0.3, 0.4) is 0 Å². The van der Waals surface area contributed by atoms with Gasteiger partial charge in [-0.25, -0.2) is 12.8 Å². The van der Waals surface area contributed by atoms with Gasteiger partial charge in [0.15, 0.2) is 0 Å². The molecule has 144 valence electrons. The molecule has 2 fully saturated rings. The lowest BCUT2D eigenvalue weighted by atomic mass is 9.94. The van der Waals surface area contributed by atoms with Crippen LogP contribution in [-0.4, -0.2) is 56.3 Å². The Morgan fingerprint density at radius 3 is 2.50 bits per heavy atom. The van der Waals surface area contributed by atoms with E-state index in [1.165, 1.54) is 16.4 Å². The fourth-order valence-corrected chi connectivity index (χ4v) is 5.46. The van der Waals surface area contributed by atoms with Crippen LogP contribution in [0.1, 0.15) is 25.7 Å². The highest BCUT2D eigenvalue weighted by Gasteiger charge is 2.36. The normalized spacial score (nSPS) is 25.2. The standard InChI is InChI=1S/C18H26FN3O3S/c19-15-5-7-16(8-6-15)26(24,25)22-10-2-9-21(11-12-22)18(23)17-4-1-3-14(17)13-20/h5-8,14,17H,1-4,9-13,20H2/t14-,17-/m1/s1. The summed E-state index contributed by atoms with van der Waals surface area (Å²) >= 11 is 0. The molecule has 1 aromatic carbocycles. The number of nitrogens with zero attached hydrogens (tertiary/aromatic N) is 2. The fraction of sp³-hybridized carbons (Fsp3) is 0.611. The van der Waals surface area contributed by atoms with Crippen LogP contribution in [0.25, 0.3) is 0 Å². The molecule has 2 atom stereocenters. The Hall–Kier alpha value is -1.51. The molecule has 1 saturated heterocycles. The summed E-state index contributed by atoms with van der Waals surface area (Å²) in [7, 11) is -3.68. The fourth-order valence-electron chi connectivity index (χ4n) is 3.99. The molecule has 8 heteroatoms. The lowest BCUT2D eigenvalue weighted by molar-refractivity contribution is -0.136. The number of carbonyl (C=O) groups excluding carboxylic acids is 1. The van der Waals surface area contributed by atoms with E-state index in [2.05, 4.69) is 0 Å². The molecule has 1 heterocycles. The molecule has 26 heavy (non-hydrogen) atoms. The molecule has 1 saturated carbocycles. The van der Waals surface area contributed by atoms with Crippen LogP contribution in [0.15, 0.2) is 29.2 Å². The van der Waals surface area contributed by atoms with Crippen LogP contribution in [0.4, 0.5) is 4.39 Å². The summed E-state index contributed by atoms with van der Waals surface area (Å²) in [4.78, 5) is 14.7. The van der Waals surface area contributed by atoms with Crippen molar-refractivity contribution in [2.75, 3.05) is 32.7 Å². The maximum Gasteiger partial charge on any atom is 0.243 e. The zero-order chi connectivity index (χ0) is 18.7. The van der Waals surface area contributed by atoms with Crippen molar-refractivity contribution in [2.45, 2.75) is 30.6 Å². The highest BCUT2D eigenvalue weighted by Crippen LogP contribution is 2.32. The van der Waals surface area contributed by atoms with Gasteiger partial charge >= 0.3 is 0 Å². The van der Waals surface area contributed by atoms with Gasteiger partial charge in [0.2, 0.25) is 15.9 Å². The number of hydrogen-bond acceptors (Lipinski definition) is 4. The van der Waals surface area contributed by atoms with E-state index < -0.39 is 15.8 Å². The second kappa shape index (κ2) is 8.02. The maximum atomic E-state index is 13.1. The molecule has 2 aliphatic rings. The van der Waals surface area contributed by atoms with Gasteiger partial charge in [0.1, 0.15) is 5.82 Å². The third-order valence-electron chi connectivity index (χ3n) is 5.50. The van der Waals surface area contributed by atoms with Gasteiger partial charge in [0, 0.05) is 32.1 Å². The Bertz CT molecular complexity index is 739. The third kappa shape index (κ3) is 3.92. The highest BCUT2D eigenvalue weighted by molar-refractivity contribution is 7.89. The van der Waals surface area contributed by atoms with E-state index in [9.17, 15) is 17.6 Å². The molecule has 1 aromatic rings. The van der Waals surface area contributed by atoms with E-state index in [1.807, 2.05) is 0 Å². The van der Waals surface area contributed by atoms with Gasteiger partial charge in [-0.1, -0.05) is 6.42 Å². The number of hydrogen-bond donors (Lipinski definition) is 1. The summed E-state index contributed by atoms with van der Waals surface area (Å²) < 4.78 is 40.0. The average molecular weight is 383 g/mol. The molecular weight excluding hydrogens is 357 g/mol. The van der Waals surface area contributed by atoms with E-state index >= 15 is 0 Å². The molecule has 0 bridgehead atoms. The Balaban J connectivity index is 1.68. The van der Waals surface area contributed by atoms with Crippen LogP contribution < -0.4 is 5.73 Å². The Morgan fingerprint density at radius 1 is 1.08 bits per heavy atom. The Kier molecular flexibility index (Phi) is 5.94. The van der Waals surface area contributed by atoms with E-state index in [4.69, 9.17) is 5.73 Å². The summed E-state index contributed by atoms with van der Waals surface area (Å²) in [5.74, 6) is -0.147. The largest absolute Gasteiger partial charge is 0.341 e. The molecule has 0 radical (unpaired) electrons. The minimum Gasteiger partial charge on any atom is -0.341 e. The molecule has 0 spiro atoms. The molecule has 0 aromatic heterocycles. The molecule has 1 aliphatic carbocycles. The smallest absolute Gasteiger partial charge is 0.243 e. The number of carbonyl (C=O) groups is 1. The van der Waals surface area contributed by atoms with Gasteiger partial charge in [0.05, 0.1) is 4.90 Å². The predicted molar refractivity (Wildman–Crippen MR) is 96.2 cm³/mol. The van der Waals surface area contributed by atoms with Crippen molar-refractivity contribution >= 4 is 15.9 Å². The second-order valence-corrected chi connectivity index (χ2v) is 9.01. The van der Waals surface area contributed by atoms with E-state index in [0.29, 0.717) is 32.6 Å². The average Bonchev–Trinajstić information content (AvgIpc) is 2.96. The monoisotopic (exact) mass is 383 g/mol. The number of amides is 1. The lowest BCUT2D eigenvalue weighted by Gasteiger charge is -2.27. The first kappa shape index (κ1) is 19.3. The molecule has 0 unspecified atom stereocenters. The van der Waals surface area contributed by atoms with Gasteiger partial charge in [-0.2, -0.15) is 4.31 Å². The number of halogens is 1. The molecule has 6 nitrogen and oxygen atoms in total. The van der Waals surface area contributed by atoms with E-state index in [0.717, 1.165) is 31.4 Å². The third-order valence-corrected chi connectivity index (χ3v) is 7.41. The molecule has 1 aliphatic heterocycles. The van der Waals surface area contributed by atoms with Crippen LogP contribution >= 0.6 is 0 Å². The van der Waals surface area contributed by atoms with Crippen molar-refractivity contribution in [1.29, 1.82) is 0 Å². The topological polar surface area (TPSA) is 83.7 Å². The summed E-state index contributed by atoms with van der Waals surface area (Å²) in [6.45, 7) is 2.07. The molecule has 2 N–H and O–H groups in total. The summed E-state index contributed by atoms with van der Waals surface area (Å²) in [5, 5.41) is 0. The van der Waals surface area contributed by atoms with Crippen molar-refractivity contribution in [3.63, 3.8) is 0 Å². The summed E-state index contributed by atoms with van der Waals surface area (Å²) in [5.41, 5.74) is 5.79. The highest BCUT2D eigenvalue weighted by atomic mass is 32.2. The van der Waals surface area contributed by atoms with E-state index in [1.54, 1.807) is 4.90 Å². The van der Waals surface area contributed by atoms with Gasteiger partial charge in [0.25, 0.3) is 0 Å². The van der Waals surface area contributed by atoms with Gasteiger partial charge in [-0.3, -0.25) is 4.79 Å². The maximum absolute atomic E-state index is 13.1. The SMILES string of the molecule is NC[C@H]1CCC[C@H]1C(=O)N1CCCN(S(=O)(=O)c2ccc(F)cc2)CC1. The second-order valence-electron chi connectivity index (χ2n) is 7.07. The van der Waals surface area contributed by atoms with Gasteiger partial charge in [-0.05, 0) is 56.0 Å². The van der Waals surface area contributed by atoms with Crippen LogP contribution in [0, 0.1) is 17.7 Å². The van der Waals surface area contributed by atoms with Crippen molar-refractivity contribution in [3.8, 4) is 0 Å². The number of rotatable bonds is 4. The minimum atomic E-state index is -3.68. The molecule has 3 rings (SSSR count). The van der Waals surface area contributed by atoms with Gasteiger partial charge < -0.3 is 10.6 Å². The molecular formula is C18H26FN3O3S. The lowest BCUT2D eigenvalue weighted by Crippen LogP contribution is -2.41. The van der Waals surface area contributed by atoms with Crippen molar-refractivity contribution in [3.05, 3.63) is 30.1 Å².